The highest BCUT2D eigenvalue weighted by Crippen LogP contribution is 2.53. The fourth-order valence-electron chi connectivity index (χ4n) is 3.14. The van der Waals surface area contributed by atoms with Crippen molar-refractivity contribution in [3.8, 4) is 0 Å². The molecule has 1 fully saturated rings. The lowest BCUT2D eigenvalue weighted by molar-refractivity contribution is -0.123. The van der Waals surface area contributed by atoms with E-state index in [1.165, 1.54) is 12.8 Å². The molecule has 16 heavy (non-hydrogen) atoms. The maximum Gasteiger partial charge on any atom is 0.220 e. The molecule has 1 N–H and O–H groups in total. The summed E-state index contributed by atoms with van der Waals surface area (Å²) >= 11 is 0. The van der Waals surface area contributed by atoms with E-state index in [0.717, 1.165) is 12.5 Å². The molecule has 2 aliphatic rings. The third kappa shape index (κ3) is 2.31. The molecule has 0 heterocycles. The first-order valence-corrected chi connectivity index (χ1v) is 6.44. The van der Waals surface area contributed by atoms with Crippen molar-refractivity contribution in [2.24, 2.45) is 23.2 Å². The van der Waals surface area contributed by atoms with Crippen molar-refractivity contribution in [1.82, 2.24) is 5.32 Å². The Bertz CT molecular complexity index is 308. The van der Waals surface area contributed by atoms with Crippen molar-refractivity contribution in [2.75, 3.05) is 6.54 Å². The van der Waals surface area contributed by atoms with E-state index in [1.54, 1.807) is 0 Å². The quantitative estimate of drug-likeness (QED) is 0.727. The smallest absolute Gasteiger partial charge is 0.220 e. The Morgan fingerprint density at radius 1 is 1.50 bits per heavy atom. The normalized spacial score (nSPS) is 36.0. The molecule has 0 aromatic rings. The zero-order chi connectivity index (χ0) is 11.8. The van der Waals surface area contributed by atoms with Gasteiger partial charge in [-0.05, 0) is 36.0 Å². The molecule has 0 radical (unpaired) electrons. The van der Waals surface area contributed by atoms with E-state index >= 15 is 0 Å². The number of allylic oxidation sites excluding steroid dienone is 2. The molecule has 2 bridgehead atoms. The Balaban J connectivity index is 1.85. The van der Waals surface area contributed by atoms with E-state index in [9.17, 15) is 4.79 Å². The van der Waals surface area contributed by atoms with E-state index in [2.05, 4.69) is 38.2 Å². The number of nitrogens with one attached hydrogen (secondary N) is 1. The minimum atomic E-state index is 0.223. The molecule has 2 rings (SSSR count). The maximum absolute atomic E-state index is 11.8. The Morgan fingerprint density at radius 2 is 2.25 bits per heavy atom. The zero-order valence-corrected chi connectivity index (χ0v) is 10.6. The zero-order valence-electron chi connectivity index (χ0n) is 10.6. The summed E-state index contributed by atoms with van der Waals surface area (Å²) in [4.78, 5) is 11.8. The molecule has 2 nitrogen and oxygen atoms in total. The standard InChI is InChI=1S/C14H23NO/c1-10(2)9-15-13(16)8-14(3)7-11-4-5-12(14)6-11/h4-5,10-12H,6-9H2,1-3H3,(H,15,16). The number of hydrogen-bond acceptors (Lipinski definition) is 1. The van der Waals surface area contributed by atoms with Crippen LogP contribution in [0.3, 0.4) is 0 Å². The second-order valence-corrected chi connectivity index (χ2v) is 6.22. The lowest BCUT2D eigenvalue weighted by Gasteiger charge is -2.30. The van der Waals surface area contributed by atoms with Gasteiger partial charge in [0.1, 0.15) is 0 Å². The molecule has 1 saturated carbocycles. The molecular formula is C14H23NO. The van der Waals surface area contributed by atoms with Gasteiger partial charge >= 0.3 is 0 Å². The predicted molar refractivity (Wildman–Crippen MR) is 65.9 cm³/mol. The number of hydrogen-bond donors (Lipinski definition) is 1. The molecule has 0 aromatic carbocycles. The van der Waals surface area contributed by atoms with E-state index in [4.69, 9.17) is 0 Å². The first-order chi connectivity index (χ1) is 7.49. The van der Waals surface area contributed by atoms with E-state index in [1.807, 2.05) is 0 Å². The molecule has 0 saturated heterocycles. The predicted octanol–water partition coefficient (Wildman–Crippen LogP) is 2.75. The van der Waals surface area contributed by atoms with Gasteiger partial charge in [-0.25, -0.2) is 0 Å². The largest absolute Gasteiger partial charge is 0.356 e. The second kappa shape index (κ2) is 4.23. The Kier molecular flexibility index (Phi) is 3.09. The van der Waals surface area contributed by atoms with Gasteiger partial charge < -0.3 is 5.32 Å². The number of amides is 1. The van der Waals surface area contributed by atoms with E-state index < -0.39 is 0 Å². The average Bonchev–Trinajstić information content (AvgIpc) is 2.73. The van der Waals surface area contributed by atoms with Gasteiger partial charge in [0.2, 0.25) is 5.91 Å². The molecular weight excluding hydrogens is 198 g/mol. The molecule has 0 spiro atoms. The van der Waals surface area contributed by atoms with Crippen LogP contribution < -0.4 is 5.32 Å². The van der Waals surface area contributed by atoms with Crippen LogP contribution in [-0.2, 0) is 4.79 Å². The van der Waals surface area contributed by atoms with Gasteiger partial charge in [-0.1, -0.05) is 32.9 Å². The fourth-order valence-corrected chi connectivity index (χ4v) is 3.14. The van der Waals surface area contributed by atoms with Gasteiger partial charge in [0.15, 0.2) is 0 Å². The Labute approximate surface area is 98.5 Å². The van der Waals surface area contributed by atoms with Crippen LogP contribution in [0.5, 0.6) is 0 Å². The van der Waals surface area contributed by atoms with Crippen LogP contribution in [0.25, 0.3) is 0 Å². The number of carbonyl (C=O) groups is 1. The van der Waals surface area contributed by atoms with Gasteiger partial charge in [0.25, 0.3) is 0 Å². The van der Waals surface area contributed by atoms with Crippen LogP contribution >= 0.6 is 0 Å². The first kappa shape index (κ1) is 11.7. The van der Waals surface area contributed by atoms with Crippen molar-refractivity contribution in [3.05, 3.63) is 12.2 Å². The highest BCUT2D eigenvalue weighted by Gasteiger charge is 2.45. The third-order valence-corrected chi connectivity index (χ3v) is 4.07. The van der Waals surface area contributed by atoms with Crippen LogP contribution in [0.1, 0.15) is 40.0 Å². The van der Waals surface area contributed by atoms with Crippen molar-refractivity contribution < 1.29 is 4.79 Å². The summed E-state index contributed by atoms with van der Waals surface area (Å²) in [6, 6.07) is 0. The Morgan fingerprint density at radius 3 is 2.75 bits per heavy atom. The highest BCUT2D eigenvalue weighted by atomic mass is 16.1. The molecule has 3 unspecified atom stereocenters. The lowest BCUT2D eigenvalue weighted by atomic mass is 9.75. The van der Waals surface area contributed by atoms with Crippen LogP contribution in [-0.4, -0.2) is 12.5 Å². The molecule has 0 aromatic heterocycles. The van der Waals surface area contributed by atoms with Crippen molar-refractivity contribution >= 4 is 5.91 Å². The summed E-state index contributed by atoms with van der Waals surface area (Å²) in [7, 11) is 0. The maximum atomic E-state index is 11.8. The molecule has 2 aliphatic carbocycles. The lowest BCUT2D eigenvalue weighted by Crippen LogP contribution is -2.34. The minimum absolute atomic E-state index is 0.223. The van der Waals surface area contributed by atoms with Gasteiger partial charge in [-0.3, -0.25) is 4.79 Å². The minimum Gasteiger partial charge on any atom is -0.356 e. The molecule has 90 valence electrons. The molecule has 0 aliphatic heterocycles. The number of fused-ring (bicyclic) bond motifs is 2. The van der Waals surface area contributed by atoms with Gasteiger partial charge in [0.05, 0.1) is 0 Å². The fraction of sp³-hybridized carbons (Fsp3) is 0.786. The molecule has 1 amide bonds. The van der Waals surface area contributed by atoms with Gasteiger partial charge in [-0.15, -0.1) is 0 Å². The number of rotatable bonds is 4. The SMILES string of the molecule is CC(C)CNC(=O)CC1(C)CC2C=CC1C2. The van der Waals surface area contributed by atoms with Crippen LogP contribution in [0.4, 0.5) is 0 Å². The summed E-state index contributed by atoms with van der Waals surface area (Å²) in [6.45, 7) is 7.33. The van der Waals surface area contributed by atoms with Crippen LogP contribution in [0.2, 0.25) is 0 Å². The summed E-state index contributed by atoms with van der Waals surface area (Å²) < 4.78 is 0. The summed E-state index contributed by atoms with van der Waals surface area (Å²) in [5, 5.41) is 3.03. The Hall–Kier alpha value is -0.790. The topological polar surface area (TPSA) is 29.1 Å². The average molecular weight is 221 g/mol. The summed E-state index contributed by atoms with van der Waals surface area (Å²) in [5.41, 5.74) is 0.223. The molecule has 2 heteroatoms. The van der Waals surface area contributed by atoms with Crippen molar-refractivity contribution in [1.29, 1.82) is 0 Å². The summed E-state index contributed by atoms with van der Waals surface area (Å²) in [5.74, 6) is 2.16. The second-order valence-electron chi connectivity index (χ2n) is 6.22. The van der Waals surface area contributed by atoms with Crippen molar-refractivity contribution in [3.63, 3.8) is 0 Å². The third-order valence-electron chi connectivity index (χ3n) is 4.07. The molecule has 3 atom stereocenters. The monoisotopic (exact) mass is 221 g/mol. The van der Waals surface area contributed by atoms with E-state index in [0.29, 0.717) is 18.3 Å². The van der Waals surface area contributed by atoms with Crippen LogP contribution in [0, 0.1) is 23.2 Å². The first-order valence-electron chi connectivity index (χ1n) is 6.44. The summed E-state index contributed by atoms with van der Waals surface area (Å²) in [6.07, 6.45) is 7.82. The van der Waals surface area contributed by atoms with Gasteiger partial charge in [-0.2, -0.15) is 0 Å². The van der Waals surface area contributed by atoms with Crippen molar-refractivity contribution in [2.45, 2.75) is 40.0 Å². The van der Waals surface area contributed by atoms with Crippen LogP contribution in [0.15, 0.2) is 12.2 Å². The van der Waals surface area contributed by atoms with E-state index in [-0.39, 0.29) is 11.3 Å². The highest BCUT2D eigenvalue weighted by molar-refractivity contribution is 5.76. The number of carbonyl (C=O) groups excluding carboxylic acids is 1. The van der Waals surface area contributed by atoms with Gasteiger partial charge in [0, 0.05) is 13.0 Å².